The third-order valence-corrected chi connectivity index (χ3v) is 13.7. The summed E-state index contributed by atoms with van der Waals surface area (Å²) in [6.07, 6.45) is 67.5. The molecule has 0 amide bonds. The minimum Gasteiger partial charge on any atom is -0.462 e. The van der Waals surface area contributed by atoms with Crippen molar-refractivity contribution >= 4 is 17.9 Å². The van der Waals surface area contributed by atoms with Crippen molar-refractivity contribution in [1.29, 1.82) is 0 Å². The maximum Gasteiger partial charge on any atom is 0.306 e. The van der Waals surface area contributed by atoms with Gasteiger partial charge in [0.25, 0.3) is 0 Å². The van der Waals surface area contributed by atoms with Crippen LogP contribution in [0.5, 0.6) is 0 Å². The fraction of sp³-hybridized carbons (Fsp3) is 0.887. The zero-order valence-corrected chi connectivity index (χ0v) is 45.9. The first-order chi connectivity index (χ1) is 33.5. The minimum atomic E-state index is -0.765. The van der Waals surface area contributed by atoms with E-state index >= 15 is 0 Å². The Kier molecular flexibility index (Phi) is 55.7. The Bertz CT molecular complexity index is 1100. The van der Waals surface area contributed by atoms with Gasteiger partial charge >= 0.3 is 17.9 Å². The van der Waals surface area contributed by atoms with Crippen molar-refractivity contribution in [1.82, 2.24) is 0 Å². The van der Waals surface area contributed by atoms with Crippen molar-refractivity contribution in [2.75, 3.05) is 13.2 Å². The van der Waals surface area contributed by atoms with E-state index in [0.29, 0.717) is 19.3 Å². The average Bonchev–Trinajstić information content (AvgIpc) is 3.34. The molecule has 0 aliphatic heterocycles. The number of esters is 3. The molecule has 1 unspecified atom stereocenters. The fourth-order valence-electron chi connectivity index (χ4n) is 9.12. The first-order valence-electron chi connectivity index (χ1n) is 30.3. The molecule has 0 aromatic carbocycles. The zero-order valence-electron chi connectivity index (χ0n) is 45.9. The van der Waals surface area contributed by atoms with E-state index in [1.165, 1.54) is 231 Å². The largest absolute Gasteiger partial charge is 0.462 e. The number of hydrogen-bond donors (Lipinski definition) is 0. The van der Waals surface area contributed by atoms with E-state index in [1.807, 2.05) is 0 Å². The molecule has 0 aliphatic rings. The van der Waals surface area contributed by atoms with Gasteiger partial charge in [-0.3, -0.25) is 14.4 Å². The molecule has 1 atom stereocenters. The summed E-state index contributed by atoms with van der Waals surface area (Å²) in [6.45, 7) is 6.67. The molecule has 0 aromatic rings. The lowest BCUT2D eigenvalue weighted by atomic mass is 10.0. The maximum absolute atomic E-state index is 12.8. The van der Waals surface area contributed by atoms with E-state index in [9.17, 15) is 14.4 Å². The molecule has 0 aromatic heterocycles. The molecular formula is C62H116O6. The number of unbranched alkanes of at least 4 members (excludes halogenated alkanes) is 41. The molecular weight excluding hydrogens is 841 g/mol. The molecule has 6 nitrogen and oxygen atoms in total. The average molecular weight is 958 g/mol. The Labute approximate surface area is 423 Å². The molecule has 0 saturated heterocycles. The van der Waals surface area contributed by atoms with E-state index in [2.05, 4.69) is 45.1 Å². The minimum absolute atomic E-state index is 0.0654. The topological polar surface area (TPSA) is 78.9 Å². The van der Waals surface area contributed by atoms with Gasteiger partial charge in [-0.25, -0.2) is 0 Å². The molecule has 0 spiro atoms. The molecule has 0 heterocycles. The maximum atomic E-state index is 12.8. The van der Waals surface area contributed by atoms with E-state index in [-0.39, 0.29) is 31.1 Å². The van der Waals surface area contributed by atoms with Crippen LogP contribution in [-0.4, -0.2) is 37.2 Å². The lowest BCUT2D eigenvalue weighted by molar-refractivity contribution is -0.167. The first-order valence-corrected chi connectivity index (χ1v) is 30.3. The van der Waals surface area contributed by atoms with E-state index in [4.69, 9.17) is 14.2 Å². The number of carbonyl (C=O) groups is 3. The van der Waals surface area contributed by atoms with Gasteiger partial charge in [0.2, 0.25) is 0 Å². The van der Waals surface area contributed by atoms with Gasteiger partial charge in [0.05, 0.1) is 0 Å². The summed E-state index contributed by atoms with van der Waals surface area (Å²) in [6, 6.07) is 0. The zero-order chi connectivity index (χ0) is 49.3. The molecule has 400 valence electrons. The number of ether oxygens (including phenoxy) is 3. The summed E-state index contributed by atoms with van der Waals surface area (Å²) in [7, 11) is 0. The quantitative estimate of drug-likeness (QED) is 0.0262. The van der Waals surface area contributed by atoms with Gasteiger partial charge in [-0.2, -0.15) is 0 Å². The Morgan fingerprint density at radius 1 is 0.294 bits per heavy atom. The number of rotatable bonds is 56. The third-order valence-electron chi connectivity index (χ3n) is 13.7. The van der Waals surface area contributed by atoms with Crippen LogP contribution in [-0.2, 0) is 28.6 Å². The highest BCUT2D eigenvalue weighted by Crippen LogP contribution is 2.17. The Morgan fingerprint density at radius 3 is 0.809 bits per heavy atom. The van der Waals surface area contributed by atoms with Crippen LogP contribution in [0.4, 0.5) is 0 Å². The lowest BCUT2D eigenvalue weighted by Crippen LogP contribution is -2.30. The summed E-state index contributed by atoms with van der Waals surface area (Å²) >= 11 is 0. The molecule has 0 N–H and O–H groups in total. The fourth-order valence-corrected chi connectivity index (χ4v) is 9.12. The van der Waals surface area contributed by atoms with Gasteiger partial charge in [0, 0.05) is 19.3 Å². The Balaban J connectivity index is 4.17. The molecule has 0 fully saturated rings. The highest BCUT2D eigenvalue weighted by atomic mass is 16.6. The van der Waals surface area contributed by atoms with Crippen LogP contribution in [0.1, 0.15) is 335 Å². The molecule has 0 rings (SSSR count). The van der Waals surface area contributed by atoms with Crippen LogP contribution in [0.2, 0.25) is 0 Å². The summed E-state index contributed by atoms with van der Waals surface area (Å²) < 4.78 is 16.9. The van der Waals surface area contributed by atoms with Crippen LogP contribution in [0.15, 0.2) is 24.3 Å². The first kappa shape index (κ1) is 65.9. The third kappa shape index (κ3) is 54.8. The highest BCUT2D eigenvalue weighted by molar-refractivity contribution is 5.71. The predicted octanol–water partition coefficient (Wildman–Crippen LogP) is 20.3. The van der Waals surface area contributed by atoms with Gasteiger partial charge in [-0.05, 0) is 51.4 Å². The van der Waals surface area contributed by atoms with Gasteiger partial charge in [-0.1, -0.05) is 289 Å². The van der Waals surface area contributed by atoms with Crippen LogP contribution in [0.25, 0.3) is 0 Å². The number of hydrogen-bond acceptors (Lipinski definition) is 6. The summed E-state index contributed by atoms with van der Waals surface area (Å²) in [5.74, 6) is -0.845. The number of carbonyl (C=O) groups excluding carboxylic acids is 3. The van der Waals surface area contributed by atoms with Crippen LogP contribution >= 0.6 is 0 Å². The van der Waals surface area contributed by atoms with Crippen molar-refractivity contribution in [3.8, 4) is 0 Å². The Hall–Kier alpha value is -2.11. The normalized spacial score (nSPS) is 12.1. The molecule has 6 heteroatoms. The van der Waals surface area contributed by atoms with E-state index < -0.39 is 6.10 Å². The van der Waals surface area contributed by atoms with E-state index in [1.54, 1.807) is 0 Å². The second-order valence-corrected chi connectivity index (χ2v) is 20.6. The van der Waals surface area contributed by atoms with Crippen molar-refractivity contribution in [2.45, 2.75) is 341 Å². The summed E-state index contributed by atoms with van der Waals surface area (Å²) in [4.78, 5) is 38.1. The van der Waals surface area contributed by atoms with Crippen LogP contribution in [0, 0.1) is 0 Å². The smallest absolute Gasteiger partial charge is 0.306 e. The molecule has 0 aliphatic carbocycles. The molecule has 0 radical (unpaired) electrons. The van der Waals surface area contributed by atoms with Crippen LogP contribution in [0.3, 0.4) is 0 Å². The monoisotopic (exact) mass is 957 g/mol. The van der Waals surface area contributed by atoms with Gasteiger partial charge < -0.3 is 14.2 Å². The van der Waals surface area contributed by atoms with Crippen molar-refractivity contribution in [3.63, 3.8) is 0 Å². The Morgan fingerprint density at radius 2 is 0.529 bits per heavy atom. The standard InChI is InChI=1S/C62H116O6/c1-4-7-10-13-16-19-22-24-26-27-28-29-30-31-32-33-34-35-37-38-40-43-46-49-52-55-61(64)67-58-59(57-66-60(63)54-51-48-45-42-21-18-15-12-9-6-3)68-62(65)56-53-50-47-44-41-39-36-25-23-20-17-14-11-8-5-2/h22,24,27-28,59H,4-21,23,25-26,29-58H2,1-3H3/b24-22-,28-27-. The predicted molar refractivity (Wildman–Crippen MR) is 293 cm³/mol. The summed E-state index contributed by atoms with van der Waals surface area (Å²) in [5, 5.41) is 0. The van der Waals surface area contributed by atoms with Gasteiger partial charge in [-0.15, -0.1) is 0 Å². The molecule has 0 bridgehead atoms. The molecule has 0 saturated carbocycles. The van der Waals surface area contributed by atoms with Crippen molar-refractivity contribution in [3.05, 3.63) is 24.3 Å². The van der Waals surface area contributed by atoms with Crippen molar-refractivity contribution < 1.29 is 28.6 Å². The van der Waals surface area contributed by atoms with Gasteiger partial charge in [0.15, 0.2) is 6.10 Å². The summed E-state index contributed by atoms with van der Waals surface area (Å²) in [5.41, 5.74) is 0. The molecule has 68 heavy (non-hydrogen) atoms. The SMILES string of the molecule is CCCCCCC/C=C\C/C=C\CCCCCCCCCCCCCCCC(=O)OCC(COC(=O)CCCCCCCCCCCC)OC(=O)CCCCCCCCCCCCCCCCC. The van der Waals surface area contributed by atoms with Crippen LogP contribution < -0.4 is 0 Å². The lowest BCUT2D eigenvalue weighted by Gasteiger charge is -2.18. The highest BCUT2D eigenvalue weighted by Gasteiger charge is 2.19. The number of allylic oxidation sites excluding steroid dienone is 4. The second-order valence-electron chi connectivity index (χ2n) is 20.6. The second kappa shape index (κ2) is 57.5. The van der Waals surface area contributed by atoms with Crippen molar-refractivity contribution in [2.24, 2.45) is 0 Å². The van der Waals surface area contributed by atoms with E-state index in [0.717, 1.165) is 64.2 Å². The van der Waals surface area contributed by atoms with Gasteiger partial charge in [0.1, 0.15) is 13.2 Å².